The van der Waals surface area contributed by atoms with Crippen molar-refractivity contribution < 1.29 is 21.6 Å². The summed E-state index contributed by atoms with van der Waals surface area (Å²) in [6.45, 7) is 0. The fourth-order valence-corrected chi connectivity index (χ4v) is 4.23. The zero-order chi connectivity index (χ0) is 15.8. The van der Waals surface area contributed by atoms with E-state index in [9.17, 15) is 21.6 Å². The lowest BCUT2D eigenvalue weighted by Crippen LogP contribution is -2.47. The van der Waals surface area contributed by atoms with E-state index in [1.807, 2.05) is 0 Å². The summed E-state index contributed by atoms with van der Waals surface area (Å²) in [6.07, 6.45) is -2.18. The zero-order valence-corrected chi connectivity index (χ0v) is 12.8. The molecule has 0 saturated heterocycles. The van der Waals surface area contributed by atoms with Gasteiger partial charge in [0.25, 0.3) is 10.0 Å². The first-order chi connectivity index (χ1) is 9.63. The van der Waals surface area contributed by atoms with Gasteiger partial charge in [-0.15, -0.1) is 0 Å². The number of nitrogens with zero attached hydrogens (tertiary/aromatic N) is 2. The third-order valence-corrected chi connectivity index (χ3v) is 5.56. The van der Waals surface area contributed by atoms with E-state index in [2.05, 4.69) is 9.71 Å². The van der Waals surface area contributed by atoms with Crippen LogP contribution in [-0.2, 0) is 17.1 Å². The molecular formula is C11H15ClF3N3O2S. The van der Waals surface area contributed by atoms with E-state index in [1.54, 1.807) is 0 Å². The number of rotatable bonds is 3. The van der Waals surface area contributed by atoms with E-state index in [0.29, 0.717) is 12.8 Å². The molecule has 0 spiro atoms. The van der Waals surface area contributed by atoms with Crippen LogP contribution in [0.2, 0.25) is 5.15 Å². The number of sulfonamides is 1. The number of aromatic nitrogens is 2. The van der Waals surface area contributed by atoms with E-state index in [-0.39, 0.29) is 18.0 Å². The van der Waals surface area contributed by atoms with Gasteiger partial charge in [-0.1, -0.05) is 24.4 Å². The van der Waals surface area contributed by atoms with Gasteiger partial charge >= 0.3 is 6.18 Å². The van der Waals surface area contributed by atoms with Gasteiger partial charge in [0, 0.05) is 13.1 Å². The second kappa shape index (κ2) is 5.77. The maximum Gasteiger partial charge on any atom is 0.393 e. The number of imidazole rings is 1. The Morgan fingerprint density at radius 2 is 2.00 bits per heavy atom. The summed E-state index contributed by atoms with van der Waals surface area (Å²) in [5.41, 5.74) is 0. The van der Waals surface area contributed by atoms with Gasteiger partial charge in [0.15, 0.2) is 0 Å². The minimum Gasteiger partial charge on any atom is -0.324 e. The predicted molar refractivity (Wildman–Crippen MR) is 70.3 cm³/mol. The molecule has 1 fully saturated rings. The van der Waals surface area contributed by atoms with Gasteiger partial charge in [-0.05, 0) is 12.8 Å². The lowest BCUT2D eigenvalue weighted by atomic mass is 9.85. The van der Waals surface area contributed by atoms with Crippen LogP contribution in [0.4, 0.5) is 13.2 Å². The fraction of sp³-hybridized carbons (Fsp3) is 0.727. The van der Waals surface area contributed by atoms with Crippen LogP contribution in [0.25, 0.3) is 0 Å². The smallest absolute Gasteiger partial charge is 0.324 e. The van der Waals surface area contributed by atoms with Gasteiger partial charge in [0.1, 0.15) is 5.15 Å². The van der Waals surface area contributed by atoms with Gasteiger partial charge in [0.05, 0.1) is 12.2 Å². The minimum absolute atomic E-state index is 0.0767. The Morgan fingerprint density at radius 3 is 2.52 bits per heavy atom. The van der Waals surface area contributed by atoms with Crippen molar-refractivity contribution in [3.63, 3.8) is 0 Å². The lowest BCUT2D eigenvalue weighted by Gasteiger charge is -2.33. The fourth-order valence-electron chi connectivity index (χ4n) is 2.49. The maximum absolute atomic E-state index is 13.0. The Balaban J connectivity index is 2.24. The molecule has 0 aromatic carbocycles. The third-order valence-electron chi connectivity index (χ3n) is 3.58. The Labute approximate surface area is 125 Å². The molecule has 21 heavy (non-hydrogen) atoms. The largest absolute Gasteiger partial charge is 0.393 e. The highest BCUT2D eigenvalue weighted by Gasteiger charge is 2.47. The van der Waals surface area contributed by atoms with E-state index >= 15 is 0 Å². The monoisotopic (exact) mass is 345 g/mol. The Kier molecular flexibility index (Phi) is 4.55. The summed E-state index contributed by atoms with van der Waals surface area (Å²) in [6, 6.07) is -1.18. The number of aryl methyl sites for hydroxylation is 1. The molecule has 2 rings (SSSR count). The summed E-state index contributed by atoms with van der Waals surface area (Å²) >= 11 is 5.80. The van der Waals surface area contributed by atoms with Crippen LogP contribution in [0, 0.1) is 5.92 Å². The van der Waals surface area contributed by atoms with E-state index in [0.717, 1.165) is 0 Å². The Bertz CT molecular complexity index is 615. The molecule has 0 radical (unpaired) electrons. The second-order valence-electron chi connectivity index (χ2n) is 5.11. The van der Waals surface area contributed by atoms with E-state index in [4.69, 9.17) is 11.6 Å². The third kappa shape index (κ3) is 3.51. The topological polar surface area (TPSA) is 64.0 Å². The van der Waals surface area contributed by atoms with Crippen LogP contribution in [0.5, 0.6) is 0 Å². The molecule has 2 atom stereocenters. The van der Waals surface area contributed by atoms with Crippen LogP contribution in [-0.4, -0.2) is 30.2 Å². The van der Waals surface area contributed by atoms with Gasteiger partial charge in [-0.2, -0.15) is 13.2 Å². The molecule has 2 unspecified atom stereocenters. The standard InChI is InChI=1S/C11H15ClF3N3O2S/c1-18-6-16-10(9(18)12)21(19,20)17-8-5-3-2-4-7(8)11(13,14)15/h6-8,17H,2-5H2,1H3. The summed E-state index contributed by atoms with van der Waals surface area (Å²) < 4.78 is 66.6. The van der Waals surface area contributed by atoms with Crippen LogP contribution in [0.1, 0.15) is 25.7 Å². The van der Waals surface area contributed by atoms with Crippen molar-refractivity contribution in [3.05, 3.63) is 11.5 Å². The van der Waals surface area contributed by atoms with Crippen molar-refractivity contribution in [2.45, 2.75) is 42.9 Å². The average Bonchev–Trinajstić information content (AvgIpc) is 2.69. The first-order valence-electron chi connectivity index (χ1n) is 6.39. The Morgan fingerprint density at radius 1 is 1.38 bits per heavy atom. The Hall–Kier alpha value is -0.800. The van der Waals surface area contributed by atoms with Crippen LogP contribution >= 0.6 is 11.6 Å². The molecular weight excluding hydrogens is 331 g/mol. The van der Waals surface area contributed by atoms with E-state index < -0.39 is 33.2 Å². The van der Waals surface area contributed by atoms with Crippen molar-refractivity contribution >= 4 is 21.6 Å². The molecule has 1 heterocycles. The van der Waals surface area contributed by atoms with Crippen molar-refractivity contribution in [2.24, 2.45) is 13.0 Å². The van der Waals surface area contributed by atoms with E-state index in [1.165, 1.54) is 17.9 Å². The second-order valence-corrected chi connectivity index (χ2v) is 7.10. The number of alkyl halides is 3. The molecule has 1 aliphatic rings. The quantitative estimate of drug-likeness (QED) is 0.915. The first-order valence-corrected chi connectivity index (χ1v) is 8.25. The molecule has 0 bridgehead atoms. The summed E-state index contributed by atoms with van der Waals surface area (Å²) in [4.78, 5) is 3.64. The average molecular weight is 346 g/mol. The van der Waals surface area contributed by atoms with Gasteiger partial charge < -0.3 is 4.57 Å². The molecule has 120 valence electrons. The summed E-state index contributed by atoms with van der Waals surface area (Å²) in [5, 5.41) is -0.583. The molecule has 0 aliphatic heterocycles. The predicted octanol–water partition coefficient (Wildman–Crippen LogP) is 2.47. The van der Waals surface area contributed by atoms with Crippen LogP contribution < -0.4 is 4.72 Å². The van der Waals surface area contributed by atoms with Gasteiger partial charge in [-0.3, -0.25) is 0 Å². The molecule has 1 aromatic rings. The number of nitrogens with one attached hydrogen (secondary N) is 1. The molecule has 1 aromatic heterocycles. The van der Waals surface area contributed by atoms with Crippen LogP contribution in [0.15, 0.2) is 11.4 Å². The van der Waals surface area contributed by atoms with Crippen molar-refractivity contribution in [2.75, 3.05) is 0 Å². The summed E-state index contributed by atoms with van der Waals surface area (Å²) in [7, 11) is -2.68. The lowest BCUT2D eigenvalue weighted by molar-refractivity contribution is -0.187. The number of hydrogen-bond acceptors (Lipinski definition) is 3. The first kappa shape index (κ1) is 16.6. The van der Waals surface area contributed by atoms with Crippen molar-refractivity contribution in [3.8, 4) is 0 Å². The van der Waals surface area contributed by atoms with Gasteiger partial charge in [-0.25, -0.2) is 18.1 Å². The maximum atomic E-state index is 13.0. The normalized spacial score (nSPS) is 24.2. The molecule has 0 amide bonds. The highest BCUT2D eigenvalue weighted by molar-refractivity contribution is 7.89. The zero-order valence-electron chi connectivity index (χ0n) is 11.2. The highest BCUT2D eigenvalue weighted by Crippen LogP contribution is 2.38. The number of hydrogen-bond donors (Lipinski definition) is 1. The van der Waals surface area contributed by atoms with Gasteiger partial charge in [0.2, 0.25) is 5.03 Å². The number of halogens is 4. The highest BCUT2D eigenvalue weighted by atomic mass is 35.5. The molecule has 1 saturated carbocycles. The molecule has 10 heteroatoms. The SMILES string of the molecule is Cn1cnc(S(=O)(=O)NC2CCCCC2C(F)(F)F)c1Cl. The van der Waals surface area contributed by atoms with Crippen molar-refractivity contribution in [1.29, 1.82) is 0 Å². The molecule has 1 N–H and O–H groups in total. The molecule has 1 aliphatic carbocycles. The van der Waals surface area contributed by atoms with Crippen molar-refractivity contribution in [1.82, 2.24) is 14.3 Å². The minimum atomic E-state index is -4.43. The summed E-state index contributed by atoms with van der Waals surface area (Å²) in [5.74, 6) is -1.68. The van der Waals surface area contributed by atoms with Crippen LogP contribution in [0.3, 0.4) is 0 Å². The molecule has 5 nitrogen and oxygen atoms in total.